The van der Waals surface area contributed by atoms with Crippen molar-refractivity contribution in [2.24, 2.45) is 0 Å². The van der Waals surface area contributed by atoms with Crippen LogP contribution < -0.4 is 16.4 Å². The molecular weight excluding hydrogens is 310 g/mol. The molecule has 0 radical (unpaired) electrons. The van der Waals surface area contributed by atoms with Crippen LogP contribution in [-0.4, -0.2) is 22.8 Å². The number of H-pyrrole nitrogens is 1. The van der Waals surface area contributed by atoms with Crippen molar-refractivity contribution in [1.82, 2.24) is 10.3 Å². The lowest BCUT2D eigenvalue weighted by Crippen LogP contribution is -2.41. The van der Waals surface area contributed by atoms with Gasteiger partial charge in [0.05, 0.1) is 5.52 Å². The van der Waals surface area contributed by atoms with Crippen LogP contribution in [0.2, 0.25) is 0 Å². The predicted molar refractivity (Wildman–Crippen MR) is 88.8 cm³/mol. The molecule has 2 amide bonds. The maximum absolute atomic E-state index is 12.2. The van der Waals surface area contributed by atoms with Crippen molar-refractivity contribution in [3.8, 4) is 0 Å². The lowest BCUT2D eigenvalue weighted by molar-refractivity contribution is -0.117. The highest BCUT2D eigenvalue weighted by atomic mass is 16.4. The highest BCUT2D eigenvalue weighted by Gasteiger charge is 2.17. The van der Waals surface area contributed by atoms with E-state index in [1.54, 1.807) is 49.4 Å². The van der Waals surface area contributed by atoms with Crippen LogP contribution in [0.1, 0.15) is 17.3 Å². The number of aromatic nitrogens is 1. The predicted octanol–water partition coefficient (Wildman–Crippen LogP) is 1.88. The van der Waals surface area contributed by atoms with Gasteiger partial charge in [-0.25, -0.2) is 4.79 Å². The molecular formula is C17H15N3O4. The molecule has 0 saturated carbocycles. The van der Waals surface area contributed by atoms with Gasteiger partial charge in [-0.05, 0) is 37.3 Å². The second-order valence-corrected chi connectivity index (χ2v) is 5.28. The molecule has 0 aliphatic carbocycles. The van der Waals surface area contributed by atoms with Crippen LogP contribution in [0.4, 0.5) is 5.69 Å². The topological polar surface area (TPSA) is 104 Å². The van der Waals surface area contributed by atoms with Crippen LogP contribution in [0.3, 0.4) is 0 Å². The van der Waals surface area contributed by atoms with Gasteiger partial charge in [0.25, 0.3) is 5.91 Å². The largest absolute Gasteiger partial charge is 0.417 e. The minimum atomic E-state index is -0.725. The first kappa shape index (κ1) is 15.5. The van der Waals surface area contributed by atoms with E-state index in [0.29, 0.717) is 22.4 Å². The van der Waals surface area contributed by atoms with E-state index in [2.05, 4.69) is 15.6 Å². The SMILES string of the molecule is CC(NC(=O)c1ccccc1)C(=O)Nc1ccc2oc(=O)[nH]c2c1. The second kappa shape index (κ2) is 6.41. The zero-order chi connectivity index (χ0) is 17.1. The third-order valence-electron chi connectivity index (χ3n) is 3.46. The van der Waals surface area contributed by atoms with Crippen LogP contribution in [-0.2, 0) is 4.79 Å². The van der Waals surface area contributed by atoms with Crippen LogP contribution in [0.15, 0.2) is 57.7 Å². The Balaban J connectivity index is 1.66. The number of aromatic amines is 1. The summed E-state index contributed by atoms with van der Waals surface area (Å²) < 4.78 is 4.90. The van der Waals surface area contributed by atoms with Crippen molar-refractivity contribution < 1.29 is 14.0 Å². The van der Waals surface area contributed by atoms with Crippen molar-refractivity contribution in [3.63, 3.8) is 0 Å². The molecule has 0 spiro atoms. The van der Waals surface area contributed by atoms with Gasteiger partial charge in [0.2, 0.25) is 5.91 Å². The van der Waals surface area contributed by atoms with Crippen molar-refractivity contribution >= 4 is 28.6 Å². The van der Waals surface area contributed by atoms with E-state index >= 15 is 0 Å². The number of benzene rings is 2. The average molecular weight is 325 g/mol. The Hall–Kier alpha value is -3.35. The molecule has 3 rings (SSSR count). The molecule has 0 aliphatic rings. The Morgan fingerprint density at radius 1 is 1.12 bits per heavy atom. The maximum Gasteiger partial charge on any atom is 0.417 e. The molecule has 7 nitrogen and oxygen atoms in total. The summed E-state index contributed by atoms with van der Waals surface area (Å²) >= 11 is 0. The molecule has 2 aromatic carbocycles. The van der Waals surface area contributed by atoms with Crippen LogP contribution in [0.5, 0.6) is 0 Å². The first-order chi connectivity index (χ1) is 11.5. The number of carbonyl (C=O) groups excluding carboxylic acids is 2. The fourth-order valence-corrected chi connectivity index (χ4v) is 2.22. The molecule has 122 valence electrons. The molecule has 24 heavy (non-hydrogen) atoms. The Bertz CT molecular complexity index is 943. The molecule has 0 bridgehead atoms. The van der Waals surface area contributed by atoms with Gasteiger partial charge >= 0.3 is 5.76 Å². The number of amides is 2. The van der Waals surface area contributed by atoms with Crippen LogP contribution >= 0.6 is 0 Å². The summed E-state index contributed by atoms with van der Waals surface area (Å²) in [6, 6.07) is 12.7. The Labute approximate surface area is 136 Å². The quantitative estimate of drug-likeness (QED) is 0.681. The summed E-state index contributed by atoms with van der Waals surface area (Å²) in [6.45, 7) is 1.59. The van der Waals surface area contributed by atoms with Crippen molar-refractivity contribution in [3.05, 3.63) is 64.6 Å². The molecule has 0 saturated heterocycles. The van der Waals surface area contributed by atoms with Crippen molar-refractivity contribution in [2.75, 3.05) is 5.32 Å². The number of carbonyl (C=O) groups is 2. The number of oxazole rings is 1. The normalized spacial score (nSPS) is 11.9. The standard InChI is InChI=1S/C17H15N3O4/c1-10(18-16(22)11-5-3-2-4-6-11)15(21)19-12-7-8-14-13(9-12)20-17(23)24-14/h2-10H,1H3,(H,18,22)(H,19,21)(H,20,23). The summed E-state index contributed by atoms with van der Waals surface area (Å²) in [7, 11) is 0. The van der Waals surface area contributed by atoms with E-state index in [4.69, 9.17) is 4.42 Å². The zero-order valence-electron chi connectivity index (χ0n) is 12.8. The summed E-state index contributed by atoms with van der Waals surface area (Å²) in [5, 5.41) is 5.31. The number of rotatable bonds is 4. The van der Waals surface area contributed by atoms with Crippen LogP contribution in [0, 0.1) is 0 Å². The Morgan fingerprint density at radius 3 is 2.62 bits per heavy atom. The Morgan fingerprint density at radius 2 is 1.88 bits per heavy atom. The molecule has 3 aromatic rings. The van der Waals surface area contributed by atoms with E-state index < -0.39 is 11.8 Å². The van der Waals surface area contributed by atoms with Gasteiger partial charge in [-0.1, -0.05) is 18.2 Å². The van der Waals surface area contributed by atoms with E-state index in [1.807, 2.05) is 6.07 Å². The number of anilines is 1. The average Bonchev–Trinajstić information content (AvgIpc) is 2.94. The Kier molecular flexibility index (Phi) is 4.15. The smallest absolute Gasteiger partial charge is 0.408 e. The van der Waals surface area contributed by atoms with E-state index in [0.717, 1.165) is 0 Å². The zero-order valence-corrected chi connectivity index (χ0v) is 12.8. The summed E-state index contributed by atoms with van der Waals surface area (Å²) in [6.07, 6.45) is 0. The minimum absolute atomic E-state index is 0.326. The van der Waals surface area contributed by atoms with Gasteiger partial charge < -0.3 is 15.1 Å². The molecule has 1 aromatic heterocycles. The monoisotopic (exact) mass is 325 g/mol. The first-order valence-electron chi connectivity index (χ1n) is 7.32. The molecule has 1 heterocycles. The third kappa shape index (κ3) is 3.35. The lowest BCUT2D eigenvalue weighted by Gasteiger charge is -2.14. The number of hydrogen-bond donors (Lipinski definition) is 3. The molecule has 7 heteroatoms. The van der Waals surface area contributed by atoms with Crippen LogP contribution in [0.25, 0.3) is 11.1 Å². The van der Waals surface area contributed by atoms with Crippen molar-refractivity contribution in [2.45, 2.75) is 13.0 Å². The number of fused-ring (bicyclic) bond motifs is 1. The van der Waals surface area contributed by atoms with Gasteiger partial charge in [-0.3, -0.25) is 14.6 Å². The summed E-state index contributed by atoms with van der Waals surface area (Å²) in [5.74, 6) is -1.26. The maximum atomic E-state index is 12.2. The molecule has 3 N–H and O–H groups in total. The summed E-state index contributed by atoms with van der Waals surface area (Å²) in [4.78, 5) is 37.9. The molecule has 1 unspecified atom stereocenters. The fraction of sp³-hybridized carbons (Fsp3) is 0.118. The molecule has 0 aliphatic heterocycles. The molecule has 0 fully saturated rings. The fourth-order valence-electron chi connectivity index (χ4n) is 2.22. The van der Waals surface area contributed by atoms with E-state index in [-0.39, 0.29) is 11.8 Å². The van der Waals surface area contributed by atoms with Gasteiger partial charge in [0.1, 0.15) is 6.04 Å². The van der Waals surface area contributed by atoms with Gasteiger partial charge in [-0.2, -0.15) is 0 Å². The van der Waals surface area contributed by atoms with Gasteiger partial charge in [-0.15, -0.1) is 0 Å². The minimum Gasteiger partial charge on any atom is -0.408 e. The second-order valence-electron chi connectivity index (χ2n) is 5.28. The number of nitrogens with one attached hydrogen (secondary N) is 3. The van der Waals surface area contributed by atoms with Gasteiger partial charge in [0, 0.05) is 11.3 Å². The van der Waals surface area contributed by atoms with E-state index in [1.165, 1.54) is 0 Å². The van der Waals surface area contributed by atoms with Crippen molar-refractivity contribution in [1.29, 1.82) is 0 Å². The van der Waals surface area contributed by atoms with E-state index in [9.17, 15) is 14.4 Å². The highest BCUT2D eigenvalue weighted by Crippen LogP contribution is 2.16. The lowest BCUT2D eigenvalue weighted by atomic mass is 10.2. The summed E-state index contributed by atoms with van der Waals surface area (Å²) in [5.41, 5.74) is 1.86. The number of hydrogen-bond acceptors (Lipinski definition) is 4. The highest BCUT2D eigenvalue weighted by molar-refractivity contribution is 6.01. The van der Waals surface area contributed by atoms with Gasteiger partial charge in [0.15, 0.2) is 5.58 Å². The third-order valence-corrected chi connectivity index (χ3v) is 3.46. The first-order valence-corrected chi connectivity index (χ1v) is 7.32. The molecule has 1 atom stereocenters.